The standard InChI is InChI=1S/C16H26N2O4S2/c1-13(2)18(14(3)4)24(21,22)16-9-7-15(8-10-16)17-11-5-6-12-23(17,19)20/h7-10,13-14H,5-6,11-12H2,1-4H3. The molecule has 2 rings (SSSR count). The van der Waals surface area contributed by atoms with E-state index >= 15 is 0 Å². The van der Waals surface area contributed by atoms with Crippen molar-refractivity contribution in [3.63, 3.8) is 0 Å². The molecule has 136 valence electrons. The number of rotatable bonds is 5. The van der Waals surface area contributed by atoms with E-state index in [4.69, 9.17) is 0 Å². The smallest absolute Gasteiger partial charge is 0.243 e. The van der Waals surface area contributed by atoms with Gasteiger partial charge in [0.15, 0.2) is 0 Å². The molecule has 24 heavy (non-hydrogen) atoms. The molecule has 0 saturated carbocycles. The Balaban J connectivity index is 2.35. The van der Waals surface area contributed by atoms with Gasteiger partial charge in [0.2, 0.25) is 20.0 Å². The first-order valence-corrected chi connectivity index (χ1v) is 11.3. The molecule has 1 aromatic rings. The van der Waals surface area contributed by atoms with Crippen LogP contribution >= 0.6 is 0 Å². The summed E-state index contributed by atoms with van der Waals surface area (Å²) in [5.41, 5.74) is 0.522. The van der Waals surface area contributed by atoms with E-state index in [1.54, 1.807) is 12.1 Å². The largest absolute Gasteiger partial charge is 0.270 e. The third-order valence-electron chi connectivity index (χ3n) is 4.07. The number of anilines is 1. The number of benzene rings is 1. The van der Waals surface area contributed by atoms with Gasteiger partial charge in [-0.25, -0.2) is 16.8 Å². The fourth-order valence-electron chi connectivity index (χ4n) is 3.14. The molecule has 1 fully saturated rings. The lowest BCUT2D eigenvalue weighted by molar-refractivity contribution is 0.302. The van der Waals surface area contributed by atoms with Gasteiger partial charge in [-0.05, 0) is 64.8 Å². The van der Waals surface area contributed by atoms with Crippen molar-refractivity contribution in [2.45, 2.75) is 57.5 Å². The van der Waals surface area contributed by atoms with Crippen molar-refractivity contribution in [2.24, 2.45) is 0 Å². The van der Waals surface area contributed by atoms with Crippen LogP contribution in [0.15, 0.2) is 29.2 Å². The Labute approximate surface area is 145 Å². The summed E-state index contributed by atoms with van der Waals surface area (Å²) in [5, 5.41) is 0. The van der Waals surface area contributed by atoms with Crippen molar-refractivity contribution < 1.29 is 16.8 Å². The maximum atomic E-state index is 12.8. The fraction of sp³-hybridized carbons (Fsp3) is 0.625. The lowest BCUT2D eigenvalue weighted by Crippen LogP contribution is -2.42. The van der Waals surface area contributed by atoms with Crippen LogP contribution in [-0.4, -0.2) is 45.5 Å². The lowest BCUT2D eigenvalue weighted by Gasteiger charge is -2.30. The Hall–Kier alpha value is -1.12. The second kappa shape index (κ2) is 7.01. The van der Waals surface area contributed by atoms with Gasteiger partial charge in [0.05, 0.1) is 16.3 Å². The minimum Gasteiger partial charge on any atom is -0.270 e. The summed E-state index contributed by atoms with van der Waals surface area (Å²) in [6.07, 6.45) is 1.48. The molecule has 1 heterocycles. The zero-order valence-corrected chi connectivity index (χ0v) is 16.3. The summed E-state index contributed by atoms with van der Waals surface area (Å²) in [6, 6.07) is 5.83. The van der Waals surface area contributed by atoms with Gasteiger partial charge in [0.1, 0.15) is 0 Å². The monoisotopic (exact) mass is 374 g/mol. The van der Waals surface area contributed by atoms with Gasteiger partial charge < -0.3 is 0 Å². The summed E-state index contributed by atoms with van der Waals surface area (Å²) in [4.78, 5) is 0.183. The maximum Gasteiger partial charge on any atom is 0.243 e. The summed E-state index contributed by atoms with van der Waals surface area (Å²) >= 11 is 0. The molecular weight excluding hydrogens is 348 g/mol. The highest BCUT2D eigenvalue weighted by Gasteiger charge is 2.30. The summed E-state index contributed by atoms with van der Waals surface area (Å²) in [6.45, 7) is 7.80. The first-order valence-electron chi connectivity index (χ1n) is 8.21. The summed E-state index contributed by atoms with van der Waals surface area (Å²) < 4.78 is 52.8. The van der Waals surface area contributed by atoms with Crippen LogP contribution in [0.5, 0.6) is 0 Å². The van der Waals surface area contributed by atoms with E-state index in [0.29, 0.717) is 18.7 Å². The van der Waals surface area contributed by atoms with Gasteiger partial charge in [-0.15, -0.1) is 0 Å². The molecule has 0 N–H and O–H groups in total. The third kappa shape index (κ3) is 3.75. The first kappa shape index (κ1) is 19.2. The van der Waals surface area contributed by atoms with Gasteiger partial charge in [0.25, 0.3) is 0 Å². The topological polar surface area (TPSA) is 74.8 Å². The zero-order valence-electron chi connectivity index (χ0n) is 14.6. The Kier molecular flexibility index (Phi) is 5.61. The molecule has 0 aromatic heterocycles. The van der Waals surface area contributed by atoms with Crippen LogP contribution in [0.3, 0.4) is 0 Å². The molecule has 0 unspecified atom stereocenters. The van der Waals surface area contributed by atoms with Crippen molar-refractivity contribution in [3.05, 3.63) is 24.3 Å². The maximum absolute atomic E-state index is 12.8. The Bertz CT molecular complexity index is 761. The molecule has 0 radical (unpaired) electrons. The van der Waals surface area contributed by atoms with E-state index in [-0.39, 0.29) is 22.7 Å². The molecule has 0 amide bonds. The highest BCUT2D eigenvalue weighted by atomic mass is 32.2. The molecule has 0 aliphatic carbocycles. The molecule has 1 aliphatic heterocycles. The Morgan fingerprint density at radius 3 is 2.00 bits per heavy atom. The lowest BCUT2D eigenvalue weighted by atomic mass is 10.3. The van der Waals surface area contributed by atoms with E-state index in [9.17, 15) is 16.8 Å². The van der Waals surface area contributed by atoms with E-state index in [0.717, 1.165) is 6.42 Å². The second-order valence-electron chi connectivity index (χ2n) is 6.61. The molecule has 0 bridgehead atoms. The van der Waals surface area contributed by atoms with Crippen LogP contribution < -0.4 is 4.31 Å². The van der Waals surface area contributed by atoms with Crippen molar-refractivity contribution in [3.8, 4) is 0 Å². The average molecular weight is 375 g/mol. The van der Waals surface area contributed by atoms with Crippen LogP contribution in [0, 0.1) is 0 Å². The van der Waals surface area contributed by atoms with Gasteiger partial charge in [0, 0.05) is 18.6 Å². The highest BCUT2D eigenvalue weighted by Crippen LogP contribution is 2.27. The van der Waals surface area contributed by atoms with Crippen LogP contribution in [-0.2, 0) is 20.0 Å². The van der Waals surface area contributed by atoms with Crippen LogP contribution in [0.2, 0.25) is 0 Å². The SMILES string of the molecule is CC(C)N(C(C)C)S(=O)(=O)c1ccc(N2CCCCS2(=O)=O)cc1. The van der Waals surface area contributed by atoms with Gasteiger partial charge >= 0.3 is 0 Å². The van der Waals surface area contributed by atoms with Crippen molar-refractivity contribution in [1.82, 2.24) is 4.31 Å². The summed E-state index contributed by atoms with van der Waals surface area (Å²) in [7, 11) is -6.91. The predicted octanol–water partition coefficient (Wildman–Crippen LogP) is 2.42. The zero-order chi connectivity index (χ0) is 18.1. The fourth-order valence-corrected chi connectivity index (χ4v) is 6.61. The van der Waals surface area contributed by atoms with E-state index in [2.05, 4.69) is 0 Å². The molecule has 6 nitrogen and oxygen atoms in total. The van der Waals surface area contributed by atoms with E-state index < -0.39 is 20.0 Å². The van der Waals surface area contributed by atoms with Crippen molar-refractivity contribution >= 4 is 25.7 Å². The second-order valence-corrected chi connectivity index (χ2v) is 10.5. The number of nitrogens with zero attached hydrogens (tertiary/aromatic N) is 2. The normalized spacial score (nSPS) is 18.5. The van der Waals surface area contributed by atoms with E-state index in [1.807, 2.05) is 27.7 Å². The van der Waals surface area contributed by atoms with Crippen LogP contribution in [0.1, 0.15) is 40.5 Å². The van der Waals surface area contributed by atoms with Gasteiger partial charge in [-0.3, -0.25) is 4.31 Å². The minimum absolute atomic E-state index is 0.140. The third-order valence-corrected chi connectivity index (χ3v) is 8.20. The highest BCUT2D eigenvalue weighted by molar-refractivity contribution is 7.92. The average Bonchev–Trinajstić information content (AvgIpc) is 2.45. The molecule has 1 saturated heterocycles. The quantitative estimate of drug-likeness (QED) is 0.793. The van der Waals surface area contributed by atoms with Gasteiger partial charge in [-0.1, -0.05) is 0 Å². The summed E-state index contributed by atoms with van der Waals surface area (Å²) in [5.74, 6) is 0.140. The van der Waals surface area contributed by atoms with Crippen LogP contribution in [0.25, 0.3) is 0 Å². The Morgan fingerprint density at radius 1 is 1.00 bits per heavy atom. The molecule has 8 heteroatoms. The molecule has 1 aliphatic rings. The van der Waals surface area contributed by atoms with Crippen molar-refractivity contribution in [1.29, 1.82) is 0 Å². The molecule has 1 aromatic carbocycles. The van der Waals surface area contributed by atoms with E-state index in [1.165, 1.54) is 20.7 Å². The molecule has 0 atom stereocenters. The molecular formula is C16H26N2O4S2. The Morgan fingerprint density at radius 2 is 1.54 bits per heavy atom. The predicted molar refractivity (Wildman–Crippen MR) is 96.1 cm³/mol. The van der Waals surface area contributed by atoms with Gasteiger partial charge in [-0.2, -0.15) is 4.31 Å². The van der Waals surface area contributed by atoms with Crippen molar-refractivity contribution in [2.75, 3.05) is 16.6 Å². The number of hydrogen-bond acceptors (Lipinski definition) is 4. The minimum atomic E-state index is -3.61. The number of hydrogen-bond donors (Lipinski definition) is 0. The first-order chi connectivity index (χ1) is 11.1. The van der Waals surface area contributed by atoms with Crippen LogP contribution in [0.4, 0.5) is 5.69 Å². The molecule has 0 spiro atoms. The number of sulfonamides is 2.